The van der Waals surface area contributed by atoms with Crippen molar-refractivity contribution in [3.05, 3.63) is 39.9 Å². The molecule has 0 atom stereocenters. The molecule has 0 aliphatic heterocycles. The number of nitrogens with zero attached hydrogens (tertiary/aromatic N) is 4. The number of aromatic nitrogens is 3. The maximum Gasteiger partial charge on any atom is 0.180 e. The first-order chi connectivity index (χ1) is 8.70. The summed E-state index contributed by atoms with van der Waals surface area (Å²) < 4.78 is 1.79. The van der Waals surface area contributed by atoms with Crippen LogP contribution in [0.3, 0.4) is 0 Å². The van der Waals surface area contributed by atoms with Gasteiger partial charge in [-0.3, -0.25) is 4.40 Å². The van der Waals surface area contributed by atoms with Crippen LogP contribution in [0.25, 0.3) is 16.3 Å². The summed E-state index contributed by atoms with van der Waals surface area (Å²) in [5, 5.41) is 19.8. The summed E-state index contributed by atoms with van der Waals surface area (Å²) in [4.78, 5) is 0.872. The molecule has 0 saturated carbocycles. The normalized spacial score (nSPS) is 10.7. The molecular formula is C12H7ClN4S. The van der Waals surface area contributed by atoms with E-state index in [0.717, 1.165) is 10.4 Å². The van der Waals surface area contributed by atoms with Gasteiger partial charge in [0.15, 0.2) is 11.5 Å². The van der Waals surface area contributed by atoms with Gasteiger partial charge in [0, 0.05) is 6.20 Å². The molecule has 0 radical (unpaired) electrons. The van der Waals surface area contributed by atoms with Crippen molar-refractivity contribution in [3.8, 4) is 16.8 Å². The molecule has 4 nitrogen and oxygen atoms in total. The van der Waals surface area contributed by atoms with E-state index in [2.05, 4.69) is 16.3 Å². The van der Waals surface area contributed by atoms with Crippen LogP contribution in [0.4, 0.5) is 0 Å². The molecule has 0 aliphatic rings. The third kappa shape index (κ3) is 1.58. The van der Waals surface area contributed by atoms with Gasteiger partial charge in [-0.05, 0) is 30.0 Å². The fraction of sp³-hybridized carbons (Fsp3) is 0.0833. The van der Waals surface area contributed by atoms with E-state index in [-0.39, 0.29) is 0 Å². The van der Waals surface area contributed by atoms with Gasteiger partial charge in [0.2, 0.25) is 0 Å². The molecular weight excluding hydrogens is 268 g/mol. The Bertz CT molecular complexity index is 781. The first-order valence-electron chi connectivity index (χ1n) is 5.19. The van der Waals surface area contributed by atoms with Crippen molar-refractivity contribution in [1.29, 1.82) is 5.26 Å². The Hall–Kier alpha value is -1.90. The summed E-state index contributed by atoms with van der Waals surface area (Å²) >= 11 is 7.76. The molecule has 3 rings (SSSR count). The Morgan fingerprint density at radius 1 is 1.39 bits per heavy atom. The van der Waals surface area contributed by atoms with Crippen molar-refractivity contribution in [3.63, 3.8) is 0 Å². The predicted molar refractivity (Wildman–Crippen MR) is 70.8 cm³/mol. The molecule has 0 aromatic carbocycles. The summed E-state index contributed by atoms with van der Waals surface area (Å²) in [6.07, 6.45) is 1.72. The maximum atomic E-state index is 8.93. The number of rotatable bonds is 1. The lowest BCUT2D eigenvalue weighted by atomic mass is 10.3. The Kier molecular flexibility index (Phi) is 2.54. The zero-order valence-corrected chi connectivity index (χ0v) is 11.0. The third-order valence-corrected chi connectivity index (χ3v) is 4.33. The molecule has 0 saturated heterocycles. The van der Waals surface area contributed by atoms with Gasteiger partial charge in [-0.25, -0.2) is 0 Å². The lowest BCUT2D eigenvalue weighted by Gasteiger charge is -1.98. The molecule has 0 N–H and O–H groups in total. The molecule has 3 aromatic heterocycles. The highest BCUT2D eigenvalue weighted by atomic mass is 35.5. The van der Waals surface area contributed by atoms with Gasteiger partial charge in [-0.15, -0.1) is 21.5 Å². The first kappa shape index (κ1) is 11.2. The molecule has 0 spiro atoms. The van der Waals surface area contributed by atoms with Gasteiger partial charge in [0.25, 0.3) is 0 Å². The van der Waals surface area contributed by atoms with Crippen LogP contribution in [0, 0.1) is 18.3 Å². The summed E-state index contributed by atoms with van der Waals surface area (Å²) in [6, 6.07) is 5.59. The molecule has 6 heteroatoms. The summed E-state index contributed by atoms with van der Waals surface area (Å²) in [5.74, 6) is 0.671. The van der Waals surface area contributed by atoms with E-state index in [9.17, 15) is 0 Å². The van der Waals surface area contributed by atoms with E-state index in [4.69, 9.17) is 16.9 Å². The topological polar surface area (TPSA) is 54.0 Å². The van der Waals surface area contributed by atoms with Crippen LogP contribution in [-0.4, -0.2) is 14.6 Å². The van der Waals surface area contributed by atoms with Crippen LogP contribution in [0.15, 0.2) is 23.7 Å². The lowest BCUT2D eigenvalue weighted by Crippen LogP contribution is -1.89. The highest BCUT2D eigenvalue weighted by molar-refractivity contribution is 7.14. The van der Waals surface area contributed by atoms with E-state index >= 15 is 0 Å². The number of hydrogen-bond acceptors (Lipinski definition) is 4. The molecule has 0 amide bonds. The fourth-order valence-electron chi connectivity index (χ4n) is 1.69. The fourth-order valence-corrected chi connectivity index (χ4v) is 2.95. The number of thiophene rings is 1. The average molecular weight is 275 g/mol. The molecule has 0 unspecified atom stereocenters. The Balaban J connectivity index is 2.30. The molecule has 0 aliphatic carbocycles. The zero-order chi connectivity index (χ0) is 12.7. The largest absolute Gasteiger partial charge is 0.280 e. The van der Waals surface area contributed by atoms with Crippen molar-refractivity contribution in [2.24, 2.45) is 0 Å². The minimum absolute atomic E-state index is 0.563. The highest BCUT2D eigenvalue weighted by Gasteiger charge is 2.15. The summed E-state index contributed by atoms with van der Waals surface area (Å²) in [5.41, 5.74) is 2.28. The van der Waals surface area contributed by atoms with Crippen LogP contribution in [0.2, 0.25) is 5.02 Å². The van der Waals surface area contributed by atoms with Crippen LogP contribution in [0.1, 0.15) is 11.1 Å². The van der Waals surface area contributed by atoms with Crippen LogP contribution in [-0.2, 0) is 0 Å². The van der Waals surface area contributed by atoms with Gasteiger partial charge in [0.1, 0.15) is 6.07 Å². The number of hydrogen-bond donors (Lipinski definition) is 0. The molecule has 3 heterocycles. The van der Waals surface area contributed by atoms with Gasteiger partial charge in [-0.1, -0.05) is 11.6 Å². The molecule has 0 bridgehead atoms. The van der Waals surface area contributed by atoms with Crippen LogP contribution < -0.4 is 0 Å². The second-order valence-electron chi connectivity index (χ2n) is 3.84. The number of nitriles is 1. The van der Waals surface area contributed by atoms with Gasteiger partial charge in [0.05, 0.1) is 15.5 Å². The molecule has 0 fully saturated rings. The van der Waals surface area contributed by atoms with Crippen molar-refractivity contribution < 1.29 is 0 Å². The van der Waals surface area contributed by atoms with Crippen LogP contribution in [0.5, 0.6) is 0 Å². The molecule has 3 aromatic rings. The summed E-state index contributed by atoms with van der Waals surface area (Å²) in [7, 11) is 0. The third-order valence-electron chi connectivity index (χ3n) is 2.63. The number of aryl methyl sites for hydroxylation is 1. The van der Waals surface area contributed by atoms with E-state index in [0.29, 0.717) is 22.1 Å². The zero-order valence-electron chi connectivity index (χ0n) is 9.38. The Labute approximate surface area is 112 Å². The minimum atomic E-state index is 0.563. The highest BCUT2D eigenvalue weighted by Crippen LogP contribution is 2.35. The van der Waals surface area contributed by atoms with Crippen LogP contribution >= 0.6 is 22.9 Å². The van der Waals surface area contributed by atoms with Crippen molar-refractivity contribution in [1.82, 2.24) is 14.6 Å². The van der Waals surface area contributed by atoms with Crippen molar-refractivity contribution in [2.75, 3.05) is 0 Å². The lowest BCUT2D eigenvalue weighted by molar-refractivity contribution is 1.12. The van der Waals surface area contributed by atoms with Crippen molar-refractivity contribution in [2.45, 2.75) is 6.92 Å². The monoisotopic (exact) mass is 274 g/mol. The Morgan fingerprint density at radius 3 is 2.89 bits per heavy atom. The summed E-state index contributed by atoms with van der Waals surface area (Å²) in [6.45, 7) is 1.95. The van der Waals surface area contributed by atoms with E-state index in [1.165, 1.54) is 11.3 Å². The predicted octanol–water partition coefficient (Wildman–Crippen LogP) is 3.29. The quantitative estimate of drug-likeness (QED) is 0.684. The average Bonchev–Trinajstić information content (AvgIpc) is 2.94. The Morgan fingerprint density at radius 2 is 2.22 bits per heavy atom. The molecule has 88 valence electrons. The second-order valence-corrected chi connectivity index (χ2v) is 5.10. The number of pyridine rings is 1. The minimum Gasteiger partial charge on any atom is -0.280 e. The first-order valence-corrected chi connectivity index (χ1v) is 6.45. The van der Waals surface area contributed by atoms with E-state index < -0.39 is 0 Å². The van der Waals surface area contributed by atoms with E-state index in [1.807, 2.05) is 12.3 Å². The molecule has 18 heavy (non-hydrogen) atoms. The SMILES string of the molecule is Cc1csc(-c2nnc3ccc(C#N)cn23)c1Cl. The standard InChI is InChI=1S/C12H7ClN4S/c1-7-6-18-11(10(7)13)12-16-15-9-3-2-8(4-14)5-17(9)12/h2-3,5-6H,1H3. The number of fused-ring (bicyclic) bond motifs is 1. The van der Waals surface area contributed by atoms with Crippen molar-refractivity contribution >= 4 is 28.6 Å². The smallest absolute Gasteiger partial charge is 0.180 e. The van der Waals surface area contributed by atoms with Gasteiger partial charge < -0.3 is 0 Å². The number of halogens is 1. The second kappa shape index (κ2) is 4.09. The maximum absolute atomic E-state index is 8.93. The van der Waals surface area contributed by atoms with Gasteiger partial charge >= 0.3 is 0 Å². The van der Waals surface area contributed by atoms with E-state index in [1.54, 1.807) is 22.7 Å². The van der Waals surface area contributed by atoms with Gasteiger partial charge in [-0.2, -0.15) is 5.26 Å².